The third kappa shape index (κ3) is 3.67. The van der Waals surface area contributed by atoms with Crippen LogP contribution in [0.5, 0.6) is 17.2 Å². The first kappa shape index (κ1) is 18.6. The lowest BCUT2D eigenvalue weighted by Gasteiger charge is -2.19. The molecule has 1 aliphatic rings. The number of ether oxygens (including phenoxy) is 3. The molecule has 0 radical (unpaired) electrons. The van der Waals surface area contributed by atoms with Gasteiger partial charge in [-0.2, -0.15) is 0 Å². The molecule has 7 nitrogen and oxygen atoms in total. The van der Waals surface area contributed by atoms with Crippen molar-refractivity contribution in [1.82, 2.24) is 0 Å². The van der Waals surface area contributed by atoms with E-state index in [1.807, 2.05) is 6.92 Å². The van der Waals surface area contributed by atoms with Crippen LogP contribution in [0.25, 0.3) is 0 Å². The van der Waals surface area contributed by atoms with Crippen molar-refractivity contribution < 1.29 is 23.8 Å². The Hall–Kier alpha value is -3.22. The molecule has 0 saturated carbocycles. The zero-order chi connectivity index (χ0) is 19.4. The number of amides is 2. The number of nitrogens with zero attached hydrogens (tertiary/aromatic N) is 1. The van der Waals surface area contributed by atoms with Crippen LogP contribution >= 0.6 is 0 Å². The molecule has 0 unspecified atom stereocenters. The number of hydrogen-bond donors (Lipinski definition) is 1. The summed E-state index contributed by atoms with van der Waals surface area (Å²) in [4.78, 5) is 26.7. The number of rotatable bonds is 7. The number of anilines is 2. The number of imide groups is 1. The van der Waals surface area contributed by atoms with Crippen LogP contribution in [0, 0.1) is 0 Å². The van der Waals surface area contributed by atoms with Gasteiger partial charge in [0.1, 0.15) is 23.3 Å². The van der Waals surface area contributed by atoms with Crippen LogP contribution in [-0.4, -0.2) is 38.7 Å². The number of carbonyl (C=O) groups excluding carboxylic acids is 2. The van der Waals surface area contributed by atoms with Gasteiger partial charge in [-0.25, -0.2) is 4.90 Å². The minimum absolute atomic E-state index is 0.0501. The number of carbonyl (C=O) groups is 2. The van der Waals surface area contributed by atoms with Crippen LogP contribution in [0.2, 0.25) is 0 Å². The van der Waals surface area contributed by atoms with Gasteiger partial charge < -0.3 is 19.5 Å². The highest BCUT2D eigenvalue weighted by molar-refractivity contribution is 6.23. The molecule has 142 valence electrons. The molecular weight excluding hydrogens is 348 g/mol. The van der Waals surface area contributed by atoms with Gasteiger partial charge in [0.15, 0.2) is 0 Å². The molecule has 1 N–H and O–H groups in total. The number of para-hydroxylation sites is 2. The van der Waals surface area contributed by atoms with Crippen LogP contribution in [0.3, 0.4) is 0 Å². The lowest BCUT2D eigenvalue weighted by atomic mass is 10.2. The van der Waals surface area contributed by atoms with Gasteiger partial charge in [0.25, 0.3) is 5.91 Å². The second-order valence-corrected chi connectivity index (χ2v) is 5.94. The molecule has 1 fully saturated rings. The van der Waals surface area contributed by atoms with Crippen molar-refractivity contribution in [2.24, 2.45) is 0 Å². The first-order valence-corrected chi connectivity index (χ1v) is 8.66. The summed E-state index contributed by atoms with van der Waals surface area (Å²) in [6.45, 7) is 2.29. The van der Waals surface area contributed by atoms with Gasteiger partial charge in [0.05, 0.1) is 38.6 Å². The Morgan fingerprint density at radius 3 is 2.56 bits per heavy atom. The highest BCUT2D eigenvalue weighted by atomic mass is 16.5. The fraction of sp³-hybridized carbons (Fsp3) is 0.300. The Kier molecular flexibility index (Phi) is 5.49. The quantitative estimate of drug-likeness (QED) is 0.755. The molecule has 0 spiro atoms. The normalized spacial score (nSPS) is 16.4. The monoisotopic (exact) mass is 370 g/mol. The van der Waals surface area contributed by atoms with Crippen LogP contribution in [0.4, 0.5) is 11.4 Å². The van der Waals surface area contributed by atoms with E-state index in [2.05, 4.69) is 5.32 Å². The molecular formula is C20H22N2O5. The first-order chi connectivity index (χ1) is 13.1. The van der Waals surface area contributed by atoms with E-state index in [-0.39, 0.29) is 18.2 Å². The van der Waals surface area contributed by atoms with E-state index in [4.69, 9.17) is 14.2 Å². The lowest BCUT2D eigenvalue weighted by Crippen LogP contribution is -2.35. The predicted octanol–water partition coefficient (Wildman–Crippen LogP) is 2.85. The summed E-state index contributed by atoms with van der Waals surface area (Å²) in [6.07, 6.45) is 0.0501. The molecule has 7 heteroatoms. The van der Waals surface area contributed by atoms with Crippen molar-refractivity contribution in [3.63, 3.8) is 0 Å². The number of hydrogen-bond acceptors (Lipinski definition) is 6. The maximum Gasteiger partial charge on any atom is 0.256 e. The van der Waals surface area contributed by atoms with E-state index in [1.54, 1.807) is 49.6 Å². The van der Waals surface area contributed by atoms with E-state index < -0.39 is 6.04 Å². The molecule has 2 aromatic rings. The summed E-state index contributed by atoms with van der Waals surface area (Å²) in [5.74, 6) is 1.06. The smallest absolute Gasteiger partial charge is 0.256 e. The van der Waals surface area contributed by atoms with Gasteiger partial charge in [-0.3, -0.25) is 9.59 Å². The Balaban J connectivity index is 1.85. The van der Waals surface area contributed by atoms with Crippen molar-refractivity contribution in [3.8, 4) is 17.2 Å². The van der Waals surface area contributed by atoms with Crippen molar-refractivity contribution in [2.75, 3.05) is 31.0 Å². The zero-order valence-electron chi connectivity index (χ0n) is 15.5. The third-order valence-corrected chi connectivity index (χ3v) is 4.29. The minimum Gasteiger partial charge on any atom is -0.497 e. The Morgan fingerprint density at radius 2 is 1.85 bits per heavy atom. The van der Waals surface area contributed by atoms with E-state index >= 15 is 0 Å². The average Bonchev–Trinajstić information content (AvgIpc) is 2.96. The third-order valence-electron chi connectivity index (χ3n) is 4.29. The zero-order valence-corrected chi connectivity index (χ0v) is 15.5. The minimum atomic E-state index is -0.686. The van der Waals surface area contributed by atoms with Crippen LogP contribution in [0.15, 0.2) is 42.5 Å². The second-order valence-electron chi connectivity index (χ2n) is 5.94. The van der Waals surface area contributed by atoms with Crippen molar-refractivity contribution in [2.45, 2.75) is 19.4 Å². The summed E-state index contributed by atoms with van der Waals surface area (Å²) in [5.41, 5.74) is 1.07. The van der Waals surface area contributed by atoms with Gasteiger partial charge in [0, 0.05) is 6.07 Å². The molecule has 0 aliphatic carbocycles. The maximum atomic E-state index is 12.9. The molecule has 1 heterocycles. The standard InChI is InChI=1S/C20H22N2O5/c1-4-27-17-8-6-5-7-16(17)22-19(23)12-15(20(22)24)21-14-10-9-13(25-2)11-18(14)26-3/h5-11,15,21H,4,12H2,1-3H3/t15-/m1/s1. The average molecular weight is 370 g/mol. The first-order valence-electron chi connectivity index (χ1n) is 8.66. The summed E-state index contributed by atoms with van der Waals surface area (Å²) in [7, 11) is 3.10. The molecule has 0 bridgehead atoms. The van der Waals surface area contributed by atoms with Gasteiger partial charge >= 0.3 is 0 Å². The highest BCUT2D eigenvalue weighted by Crippen LogP contribution is 2.35. The summed E-state index contributed by atoms with van der Waals surface area (Å²) in [5, 5.41) is 3.11. The van der Waals surface area contributed by atoms with E-state index in [0.717, 1.165) is 0 Å². The molecule has 2 aromatic carbocycles. The molecule has 1 saturated heterocycles. The fourth-order valence-electron chi connectivity index (χ4n) is 3.02. The molecule has 1 atom stereocenters. The SMILES string of the molecule is CCOc1ccccc1N1C(=O)C[C@@H](Nc2ccc(OC)cc2OC)C1=O. The maximum absolute atomic E-state index is 12.9. The fourth-order valence-corrected chi connectivity index (χ4v) is 3.02. The second kappa shape index (κ2) is 7.99. The summed E-state index contributed by atoms with van der Waals surface area (Å²) in [6, 6.07) is 11.6. The van der Waals surface area contributed by atoms with Crippen LogP contribution in [-0.2, 0) is 9.59 Å². The summed E-state index contributed by atoms with van der Waals surface area (Å²) < 4.78 is 16.1. The highest BCUT2D eigenvalue weighted by Gasteiger charge is 2.41. The van der Waals surface area contributed by atoms with Crippen LogP contribution < -0.4 is 24.4 Å². The number of benzene rings is 2. The van der Waals surface area contributed by atoms with Crippen molar-refractivity contribution in [3.05, 3.63) is 42.5 Å². The van der Waals surface area contributed by atoms with Gasteiger partial charge in [0.2, 0.25) is 5.91 Å². The van der Waals surface area contributed by atoms with Crippen LogP contribution in [0.1, 0.15) is 13.3 Å². The largest absolute Gasteiger partial charge is 0.497 e. The molecule has 2 amide bonds. The Labute approximate surface area is 157 Å². The Morgan fingerprint density at radius 1 is 1.07 bits per heavy atom. The van der Waals surface area contributed by atoms with Gasteiger partial charge in [-0.05, 0) is 31.2 Å². The molecule has 1 aliphatic heterocycles. The van der Waals surface area contributed by atoms with Gasteiger partial charge in [-0.1, -0.05) is 12.1 Å². The Bertz CT molecular complexity index is 852. The van der Waals surface area contributed by atoms with E-state index in [0.29, 0.717) is 35.2 Å². The topological polar surface area (TPSA) is 77.1 Å². The summed E-state index contributed by atoms with van der Waals surface area (Å²) >= 11 is 0. The lowest BCUT2D eigenvalue weighted by molar-refractivity contribution is -0.121. The van der Waals surface area contributed by atoms with Gasteiger partial charge in [-0.15, -0.1) is 0 Å². The van der Waals surface area contributed by atoms with E-state index in [9.17, 15) is 9.59 Å². The molecule has 27 heavy (non-hydrogen) atoms. The molecule has 3 rings (SSSR count). The van der Waals surface area contributed by atoms with Crippen molar-refractivity contribution >= 4 is 23.2 Å². The number of nitrogens with one attached hydrogen (secondary N) is 1. The van der Waals surface area contributed by atoms with E-state index in [1.165, 1.54) is 12.0 Å². The molecule has 0 aromatic heterocycles. The predicted molar refractivity (Wildman–Crippen MR) is 102 cm³/mol. The van der Waals surface area contributed by atoms with Crippen molar-refractivity contribution in [1.29, 1.82) is 0 Å². The number of methoxy groups -OCH3 is 2.